The molecule has 1 unspecified atom stereocenters. The van der Waals surface area contributed by atoms with E-state index in [0.29, 0.717) is 25.3 Å². The first kappa shape index (κ1) is 17.7. The average molecular weight is 340 g/mol. The molecule has 1 aromatic rings. The Morgan fingerprint density at radius 3 is 2.87 bits per heavy atom. The fraction of sp³-hybridized carbons (Fsp3) is 0.625. The van der Waals surface area contributed by atoms with Crippen LogP contribution >= 0.6 is 11.6 Å². The highest BCUT2D eigenvalue weighted by molar-refractivity contribution is 6.33. The van der Waals surface area contributed by atoms with Crippen LogP contribution < -0.4 is 0 Å². The van der Waals surface area contributed by atoms with Crippen LogP contribution in [0.1, 0.15) is 61.8 Å². The van der Waals surface area contributed by atoms with E-state index >= 15 is 0 Å². The number of nitrogens with zero attached hydrogens (tertiary/aromatic N) is 3. The topological polar surface area (TPSA) is 83.4 Å². The molecule has 23 heavy (non-hydrogen) atoms. The van der Waals surface area contributed by atoms with E-state index in [9.17, 15) is 9.59 Å². The van der Waals surface area contributed by atoms with Gasteiger partial charge in [-0.1, -0.05) is 25.4 Å². The third kappa shape index (κ3) is 4.64. The Balaban J connectivity index is 2.10. The van der Waals surface area contributed by atoms with Crippen LogP contribution in [0.4, 0.5) is 0 Å². The summed E-state index contributed by atoms with van der Waals surface area (Å²) in [5.74, 6) is -0.0668. The highest BCUT2D eigenvalue weighted by Crippen LogP contribution is 2.24. The van der Waals surface area contributed by atoms with E-state index in [1.54, 1.807) is 4.90 Å². The van der Waals surface area contributed by atoms with E-state index in [1.165, 1.54) is 6.20 Å². The highest BCUT2D eigenvalue weighted by atomic mass is 35.5. The van der Waals surface area contributed by atoms with Crippen molar-refractivity contribution in [3.05, 3.63) is 22.7 Å². The van der Waals surface area contributed by atoms with E-state index in [2.05, 4.69) is 9.97 Å². The normalized spacial score (nSPS) is 18.3. The first-order chi connectivity index (χ1) is 10.9. The Hall–Kier alpha value is -1.69. The van der Waals surface area contributed by atoms with Gasteiger partial charge in [-0.05, 0) is 25.2 Å². The van der Waals surface area contributed by atoms with Gasteiger partial charge in [0.2, 0.25) is 0 Å². The molecule has 2 rings (SSSR count). The predicted molar refractivity (Wildman–Crippen MR) is 86.6 cm³/mol. The summed E-state index contributed by atoms with van der Waals surface area (Å²) in [6.45, 7) is 5.13. The molecule has 1 aliphatic heterocycles. The first-order valence-corrected chi connectivity index (χ1v) is 8.29. The Labute approximate surface area is 140 Å². The molecule has 7 heteroatoms. The van der Waals surface area contributed by atoms with Gasteiger partial charge in [0.1, 0.15) is 5.82 Å². The molecule has 1 aromatic heterocycles. The van der Waals surface area contributed by atoms with Crippen LogP contribution in [0.5, 0.6) is 0 Å². The molecule has 0 aliphatic carbocycles. The second-order valence-electron chi connectivity index (χ2n) is 6.27. The lowest BCUT2D eigenvalue weighted by molar-refractivity contribution is -0.137. The Bertz CT molecular complexity index is 592. The molecular formula is C16H22ClN3O3. The third-order valence-electron chi connectivity index (χ3n) is 4.05. The van der Waals surface area contributed by atoms with Gasteiger partial charge < -0.3 is 10.0 Å². The molecule has 1 atom stereocenters. The van der Waals surface area contributed by atoms with Crippen LogP contribution in [0.3, 0.4) is 0 Å². The number of likely N-dealkylation sites (tertiary alicyclic amines) is 1. The van der Waals surface area contributed by atoms with Crippen molar-refractivity contribution >= 4 is 23.5 Å². The van der Waals surface area contributed by atoms with Crippen LogP contribution in [0.15, 0.2) is 6.20 Å². The van der Waals surface area contributed by atoms with E-state index in [1.807, 2.05) is 13.8 Å². The maximum Gasteiger partial charge on any atom is 0.303 e. The summed E-state index contributed by atoms with van der Waals surface area (Å²) >= 11 is 6.10. The zero-order chi connectivity index (χ0) is 17.0. The van der Waals surface area contributed by atoms with Gasteiger partial charge in [-0.15, -0.1) is 0 Å². The maximum atomic E-state index is 12.7. The lowest BCUT2D eigenvalue weighted by Gasteiger charge is -2.32. The number of carboxylic acids is 1. The van der Waals surface area contributed by atoms with Crippen molar-refractivity contribution in [2.24, 2.45) is 5.92 Å². The summed E-state index contributed by atoms with van der Waals surface area (Å²) in [4.78, 5) is 33.6. The van der Waals surface area contributed by atoms with E-state index in [-0.39, 0.29) is 34.9 Å². The van der Waals surface area contributed by atoms with Crippen molar-refractivity contribution < 1.29 is 14.7 Å². The summed E-state index contributed by atoms with van der Waals surface area (Å²) in [6, 6.07) is 0. The first-order valence-electron chi connectivity index (χ1n) is 7.92. The van der Waals surface area contributed by atoms with Crippen molar-refractivity contribution in [2.75, 3.05) is 13.1 Å². The highest BCUT2D eigenvalue weighted by Gasteiger charge is 2.27. The van der Waals surface area contributed by atoms with Gasteiger partial charge in [0.05, 0.1) is 11.2 Å². The van der Waals surface area contributed by atoms with E-state index in [4.69, 9.17) is 16.7 Å². The largest absolute Gasteiger partial charge is 0.481 e. The summed E-state index contributed by atoms with van der Waals surface area (Å²) in [6.07, 6.45) is 4.02. The fourth-order valence-corrected chi connectivity index (χ4v) is 2.94. The van der Waals surface area contributed by atoms with Gasteiger partial charge in [0.15, 0.2) is 5.69 Å². The second-order valence-corrected chi connectivity index (χ2v) is 6.68. The van der Waals surface area contributed by atoms with Gasteiger partial charge in [-0.25, -0.2) is 9.97 Å². The molecule has 0 spiro atoms. The molecule has 1 fully saturated rings. The number of hydrogen-bond acceptors (Lipinski definition) is 4. The molecule has 1 amide bonds. The predicted octanol–water partition coefficient (Wildman–Crippen LogP) is 2.97. The molecule has 0 bridgehead atoms. The number of halogens is 1. The number of aliphatic carboxylic acids is 1. The Morgan fingerprint density at radius 1 is 1.48 bits per heavy atom. The van der Waals surface area contributed by atoms with Crippen LogP contribution in [-0.2, 0) is 4.79 Å². The number of carbonyl (C=O) groups excluding carboxylic acids is 1. The monoisotopic (exact) mass is 339 g/mol. The average Bonchev–Trinajstić information content (AvgIpc) is 2.52. The van der Waals surface area contributed by atoms with Gasteiger partial charge in [-0.2, -0.15) is 0 Å². The lowest BCUT2D eigenvalue weighted by Crippen LogP contribution is -2.40. The van der Waals surface area contributed by atoms with Crippen molar-refractivity contribution in [1.29, 1.82) is 0 Å². The van der Waals surface area contributed by atoms with Gasteiger partial charge >= 0.3 is 5.97 Å². The molecule has 0 radical (unpaired) electrons. The number of piperidine rings is 1. The summed E-state index contributed by atoms with van der Waals surface area (Å²) in [5.41, 5.74) is 0.240. The van der Waals surface area contributed by atoms with Crippen molar-refractivity contribution in [1.82, 2.24) is 14.9 Å². The van der Waals surface area contributed by atoms with Crippen molar-refractivity contribution in [2.45, 2.75) is 45.4 Å². The molecule has 1 N–H and O–H groups in total. The number of carbonyl (C=O) groups is 2. The quantitative estimate of drug-likeness (QED) is 0.891. The minimum atomic E-state index is -0.797. The number of aromatic nitrogens is 2. The molecule has 2 heterocycles. The minimum absolute atomic E-state index is 0.114. The smallest absolute Gasteiger partial charge is 0.303 e. The third-order valence-corrected chi connectivity index (χ3v) is 4.33. The maximum absolute atomic E-state index is 12.7. The van der Waals surface area contributed by atoms with E-state index in [0.717, 1.165) is 12.8 Å². The van der Waals surface area contributed by atoms with Crippen molar-refractivity contribution in [3.8, 4) is 0 Å². The lowest BCUT2D eigenvalue weighted by atomic mass is 9.93. The number of carboxylic acid groups (broad SMARTS) is 1. The van der Waals surface area contributed by atoms with Crippen LogP contribution in [0.2, 0.25) is 5.02 Å². The molecule has 6 nitrogen and oxygen atoms in total. The van der Waals surface area contributed by atoms with Crippen molar-refractivity contribution in [3.63, 3.8) is 0 Å². The SMILES string of the molecule is CC(C)c1ncc(Cl)c(C(=O)N2CCCC(CCC(=O)O)C2)n1. The zero-order valence-corrected chi connectivity index (χ0v) is 14.2. The second kappa shape index (κ2) is 7.73. The zero-order valence-electron chi connectivity index (χ0n) is 13.5. The van der Waals surface area contributed by atoms with Crippen LogP contribution in [0, 0.1) is 5.92 Å². The molecule has 1 saturated heterocycles. The molecule has 126 valence electrons. The number of hydrogen-bond donors (Lipinski definition) is 1. The molecular weight excluding hydrogens is 318 g/mol. The van der Waals surface area contributed by atoms with Crippen LogP contribution in [0.25, 0.3) is 0 Å². The van der Waals surface area contributed by atoms with E-state index < -0.39 is 5.97 Å². The molecule has 0 aromatic carbocycles. The molecule has 1 aliphatic rings. The summed E-state index contributed by atoms with van der Waals surface area (Å²) < 4.78 is 0. The van der Waals surface area contributed by atoms with Gasteiger partial charge in [0, 0.05) is 25.4 Å². The van der Waals surface area contributed by atoms with Gasteiger partial charge in [-0.3, -0.25) is 9.59 Å². The number of rotatable bonds is 5. The Morgan fingerprint density at radius 2 is 2.22 bits per heavy atom. The minimum Gasteiger partial charge on any atom is -0.481 e. The standard InChI is InChI=1S/C16H22ClN3O3/c1-10(2)15-18-8-12(17)14(19-15)16(23)20-7-3-4-11(9-20)5-6-13(21)22/h8,10-11H,3-7,9H2,1-2H3,(H,21,22). The Kier molecular flexibility index (Phi) is 5.93. The fourth-order valence-electron chi connectivity index (χ4n) is 2.77. The van der Waals surface area contributed by atoms with Crippen LogP contribution in [-0.4, -0.2) is 44.9 Å². The molecule has 0 saturated carbocycles. The summed E-state index contributed by atoms with van der Waals surface area (Å²) in [5, 5.41) is 9.06. The summed E-state index contributed by atoms with van der Waals surface area (Å²) in [7, 11) is 0. The number of amides is 1. The van der Waals surface area contributed by atoms with Gasteiger partial charge in [0.25, 0.3) is 5.91 Å².